The van der Waals surface area contributed by atoms with Gasteiger partial charge in [0.05, 0.1) is 11.2 Å². The largest absolute Gasteiger partial charge is 0.387 e. The highest BCUT2D eigenvalue weighted by Gasteiger charge is 2.00. The Morgan fingerprint density at radius 1 is 1.00 bits per heavy atom. The third-order valence-corrected chi connectivity index (χ3v) is 3.23. The number of hydrogen-bond donors (Lipinski definition) is 1. The Morgan fingerprint density at radius 2 is 1.81 bits per heavy atom. The molecule has 0 saturated heterocycles. The molecule has 0 aliphatic heterocycles. The number of anilines is 1. The highest BCUT2D eigenvalue weighted by atomic mass is 14.8. The molecule has 3 nitrogen and oxygen atoms in total. The summed E-state index contributed by atoms with van der Waals surface area (Å²) in [6, 6.07) is 14.3. The summed E-state index contributed by atoms with van der Waals surface area (Å²) >= 11 is 0. The maximum absolute atomic E-state index is 4.40. The van der Waals surface area contributed by atoms with Gasteiger partial charge in [-0.1, -0.05) is 32.0 Å². The number of fused-ring (bicyclic) bond motifs is 1. The zero-order valence-electron chi connectivity index (χ0n) is 12.7. The van der Waals surface area contributed by atoms with Crippen LogP contribution in [0.25, 0.3) is 10.9 Å². The molecule has 0 spiro atoms. The van der Waals surface area contributed by atoms with E-state index >= 15 is 0 Å². The minimum atomic E-state index is 0.553. The van der Waals surface area contributed by atoms with Crippen molar-refractivity contribution in [2.24, 2.45) is 0 Å². The van der Waals surface area contributed by atoms with E-state index in [-0.39, 0.29) is 0 Å². The average molecular weight is 279 g/mol. The standard InChI is InChI=1S/C12H13N.C6H8N2/c1-9(2)11-7-10-5-3-4-6-12(10)13-8-11;1-7-6-3-2-4-8-5-6/h3-9H,1-2H3;2-5,7H,1H3. The average Bonchev–Trinajstić information content (AvgIpc) is 2.55. The molecule has 0 fully saturated rings. The van der Waals surface area contributed by atoms with Crippen LogP contribution in [0.3, 0.4) is 0 Å². The van der Waals surface area contributed by atoms with Crippen LogP contribution < -0.4 is 5.32 Å². The molecule has 21 heavy (non-hydrogen) atoms. The van der Waals surface area contributed by atoms with Crippen molar-refractivity contribution in [1.82, 2.24) is 9.97 Å². The normalized spacial score (nSPS) is 10.1. The monoisotopic (exact) mass is 279 g/mol. The predicted molar refractivity (Wildman–Crippen MR) is 89.6 cm³/mol. The molecular weight excluding hydrogens is 258 g/mol. The van der Waals surface area contributed by atoms with Crippen LogP contribution in [-0.4, -0.2) is 17.0 Å². The second-order valence-corrected chi connectivity index (χ2v) is 5.11. The van der Waals surface area contributed by atoms with E-state index in [1.807, 2.05) is 43.6 Å². The Bertz CT molecular complexity index is 678. The summed E-state index contributed by atoms with van der Waals surface area (Å²) in [5.41, 5.74) is 3.43. The van der Waals surface area contributed by atoms with Crippen molar-refractivity contribution in [2.75, 3.05) is 12.4 Å². The summed E-state index contributed by atoms with van der Waals surface area (Å²) in [6.07, 6.45) is 5.49. The summed E-state index contributed by atoms with van der Waals surface area (Å²) in [6.45, 7) is 4.37. The second kappa shape index (κ2) is 7.39. The fourth-order valence-corrected chi connectivity index (χ4v) is 1.91. The molecule has 2 aromatic heterocycles. The number of para-hydroxylation sites is 1. The third kappa shape index (κ3) is 4.28. The molecule has 0 amide bonds. The van der Waals surface area contributed by atoms with Crippen molar-refractivity contribution in [3.05, 3.63) is 66.6 Å². The van der Waals surface area contributed by atoms with E-state index < -0.39 is 0 Å². The molecule has 0 atom stereocenters. The lowest BCUT2D eigenvalue weighted by atomic mass is 10.0. The minimum Gasteiger partial charge on any atom is -0.387 e. The summed E-state index contributed by atoms with van der Waals surface area (Å²) in [5.74, 6) is 0.553. The fourth-order valence-electron chi connectivity index (χ4n) is 1.91. The van der Waals surface area contributed by atoms with Crippen LogP contribution in [0.4, 0.5) is 5.69 Å². The van der Waals surface area contributed by atoms with E-state index in [4.69, 9.17) is 0 Å². The highest BCUT2D eigenvalue weighted by Crippen LogP contribution is 2.18. The molecule has 0 radical (unpaired) electrons. The van der Waals surface area contributed by atoms with E-state index in [1.165, 1.54) is 10.9 Å². The number of benzene rings is 1. The van der Waals surface area contributed by atoms with Crippen LogP contribution in [0.1, 0.15) is 25.3 Å². The summed E-state index contributed by atoms with van der Waals surface area (Å²) in [7, 11) is 1.87. The van der Waals surface area contributed by atoms with Gasteiger partial charge in [-0.2, -0.15) is 0 Å². The van der Waals surface area contributed by atoms with Crippen molar-refractivity contribution >= 4 is 16.6 Å². The van der Waals surface area contributed by atoms with Gasteiger partial charge in [-0.3, -0.25) is 9.97 Å². The topological polar surface area (TPSA) is 37.8 Å². The molecule has 1 N–H and O–H groups in total. The van der Waals surface area contributed by atoms with Gasteiger partial charge in [0.25, 0.3) is 0 Å². The summed E-state index contributed by atoms with van der Waals surface area (Å²) in [4.78, 5) is 8.30. The lowest BCUT2D eigenvalue weighted by molar-refractivity contribution is 0.862. The van der Waals surface area contributed by atoms with E-state index in [9.17, 15) is 0 Å². The molecule has 0 saturated carbocycles. The van der Waals surface area contributed by atoms with E-state index in [1.54, 1.807) is 12.4 Å². The van der Waals surface area contributed by atoms with Gasteiger partial charge in [0, 0.05) is 31.0 Å². The van der Waals surface area contributed by atoms with Gasteiger partial charge in [-0.15, -0.1) is 0 Å². The number of pyridine rings is 2. The Kier molecular flexibility index (Phi) is 5.27. The van der Waals surface area contributed by atoms with Crippen LogP contribution in [0.5, 0.6) is 0 Å². The summed E-state index contributed by atoms with van der Waals surface area (Å²) in [5, 5.41) is 4.19. The first kappa shape index (κ1) is 15.0. The number of nitrogens with one attached hydrogen (secondary N) is 1. The van der Waals surface area contributed by atoms with E-state index in [2.05, 4.69) is 41.3 Å². The molecule has 0 aliphatic carbocycles. The lowest BCUT2D eigenvalue weighted by Crippen LogP contribution is -1.88. The maximum Gasteiger partial charge on any atom is 0.0702 e. The molecule has 2 heterocycles. The molecule has 0 bridgehead atoms. The highest BCUT2D eigenvalue weighted by molar-refractivity contribution is 5.78. The van der Waals surface area contributed by atoms with E-state index in [0.717, 1.165) is 11.2 Å². The first-order valence-corrected chi connectivity index (χ1v) is 7.13. The van der Waals surface area contributed by atoms with E-state index in [0.29, 0.717) is 5.92 Å². The lowest BCUT2D eigenvalue weighted by Gasteiger charge is -2.05. The molecular formula is C18H21N3. The van der Waals surface area contributed by atoms with Gasteiger partial charge < -0.3 is 5.32 Å². The number of rotatable bonds is 2. The molecule has 108 valence electrons. The molecule has 1 aromatic carbocycles. The van der Waals surface area contributed by atoms with Gasteiger partial charge in [0.1, 0.15) is 0 Å². The number of hydrogen-bond acceptors (Lipinski definition) is 3. The van der Waals surface area contributed by atoms with Gasteiger partial charge in [-0.05, 0) is 35.7 Å². The molecule has 3 aromatic rings. The Labute approximate surface area is 126 Å². The predicted octanol–water partition coefficient (Wildman–Crippen LogP) is 4.48. The Hall–Kier alpha value is -2.42. The van der Waals surface area contributed by atoms with Crippen molar-refractivity contribution in [3.63, 3.8) is 0 Å². The van der Waals surface area contributed by atoms with Gasteiger partial charge >= 0.3 is 0 Å². The van der Waals surface area contributed by atoms with Crippen LogP contribution in [0.15, 0.2) is 61.1 Å². The first-order chi connectivity index (χ1) is 10.2. The van der Waals surface area contributed by atoms with Crippen LogP contribution in [-0.2, 0) is 0 Å². The summed E-state index contributed by atoms with van der Waals surface area (Å²) < 4.78 is 0. The molecule has 0 aliphatic rings. The zero-order chi connectivity index (χ0) is 15.1. The quantitative estimate of drug-likeness (QED) is 0.751. The van der Waals surface area contributed by atoms with Gasteiger partial charge in [-0.25, -0.2) is 0 Å². The smallest absolute Gasteiger partial charge is 0.0702 e. The van der Waals surface area contributed by atoms with Crippen molar-refractivity contribution in [1.29, 1.82) is 0 Å². The minimum absolute atomic E-state index is 0.553. The first-order valence-electron chi connectivity index (χ1n) is 7.13. The van der Waals surface area contributed by atoms with Gasteiger partial charge in [0.2, 0.25) is 0 Å². The van der Waals surface area contributed by atoms with Crippen LogP contribution in [0, 0.1) is 0 Å². The zero-order valence-corrected chi connectivity index (χ0v) is 12.7. The van der Waals surface area contributed by atoms with Crippen LogP contribution in [0.2, 0.25) is 0 Å². The Balaban J connectivity index is 0.000000173. The molecule has 3 rings (SSSR count). The van der Waals surface area contributed by atoms with Crippen molar-refractivity contribution in [2.45, 2.75) is 19.8 Å². The Morgan fingerprint density at radius 3 is 2.43 bits per heavy atom. The number of nitrogens with zero attached hydrogens (tertiary/aromatic N) is 2. The van der Waals surface area contributed by atoms with Crippen molar-refractivity contribution < 1.29 is 0 Å². The van der Waals surface area contributed by atoms with Gasteiger partial charge in [0.15, 0.2) is 0 Å². The SMILES string of the molecule is CC(C)c1cnc2ccccc2c1.CNc1cccnc1. The van der Waals surface area contributed by atoms with Crippen LogP contribution >= 0.6 is 0 Å². The second-order valence-electron chi connectivity index (χ2n) is 5.11. The molecule has 3 heteroatoms. The third-order valence-electron chi connectivity index (χ3n) is 3.23. The maximum atomic E-state index is 4.40. The van der Waals surface area contributed by atoms with Crippen molar-refractivity contribution in [3.8, 4) is 0 Å². The molecule has 0 unspecified atom stereocenters. The number of aromatic nitrogens is 2. The fraction of sp³-hybridized carbons (Fsp3) is 0.222.